The standard InChI is InChI=1S/C15H27N3/c1-14(2)8-5-9-15(10-14)11-17-13(16)18(15)12-6-3-4-7-12/h12H,3-11H2,1-2H3,(H2,16,17). The minimum Gasteiger partial charge on any atom is -0.370 e. The molecular formula is C15H27N3. The van der Waals surface area contributed by atoms with Gasteiger partial charge in [-0.05, 0) is 37.5 Å². The highest BCUT2D eigenvalue weighted by molar-refractivity contribution is 5.81. The van der Waals surface area contributed by atoms with E-state index >= 15 is 0 Å². The van der Waals surface area contributed by atoms with E-state index < -0.39 is 0 Å². The molecule has 0 aromatic rings. The Labute approximate surface area is 111 Å². The van der Waals surface area contributed by atoms with Crippen molar-refractivity contribution in [2.24, 2.45) is 16.1 Å². The molecule has 3 heteroatoms. The van der Waals surface area contributed by atoms with Crippen LogP contribution >= 0.6 is 0 Å². The number of guanidine groups is 1. The van der Waals surface area contributed by atoms with Crippen LogP contribution < -0.4 is 5.73 Å². The van der Waals surface area contributed by atoms with Gasteiger partial charge in [0.15, 0.2) is 5.96 Å². The Morgan fingerprint density at radius 3 is 2.56 bits per heavy atom. The quantitative estimate of drug-likeness (QED) is 0.776. The third-order valence-corrected chi connectivity index (χ3v) is 5.29. The molecule has 0 radical (unpaired) electrons. The molecule has 3 aliphatic rings. The second-order valence-electron chi connectivity index (χ2n) is 7.40. The van der Waals surface area contributed by atoms with Crippen LogP contribution in [0.15, 0.2) is 4.99 Å². The summed E-state index contributed by atoms with van der Waals surface area (Å²) in [6.45, 7) is 5.77. The van der Waals surface area contributed by atoms with Gasteiger partial charge in [-0.2, -0.15) is 0 Å². The smallest absolute Gasteiger partial charge is 0.192 e. The SMILES string of the molecule is CC1(C)CCCC2(CN=C(N)N2C2CCCC2)C1. The van der Waals surface area contributed by atoms with Crippen molar-refractivity contribution in [2.45, 2.75) is 76.8 Å². The molecule has 1 spiro atoms. The molecule has 2 fully saturated rings. The number of rotatable bonds is 1. The van der Waals surface area contributed by atoms with Gasteiger partial charge in [-0.25, -0.2) is 0 Å². The van der Waals surface area contributed by atoms with E-state index in [4.69, 9.17) is 5.73 Å². The molecule has 0 amide bonds. The fourth-order valence-electron chi connectivity index (χ4n) is 4.66. The van der Waals surface area contributed by atoms with E-state index in [2.05, 4.69) is 23.7 Å². The first-order chi connectivity index (χ1) is 8.53. The first-order valence-electron chi connectivity index (χ1n) is 7.62. The van der Waals surface area contributed by atoms with Crippen molar-refractivity contribution in [3.8, 4) is 0 Å². The molecule has 1 atom stereocenters. The Morgan fingerprint density at radius 2 is 1.89 bits per heavy atom. The molecule has 0 aromatic carbocycles. The minimum atomic E-state index is 0.265. The number of hydrogen-bond donors (Lipinski definition) is 1. The molecular weight excluding hydrogens is 222 g/mol. The van der Waals surface area contributed by atoms with Gasteiger partial charge in [0, 0.05) is 6.04 Å². The van der Waals surface area contributed by atoms with Gasteiger partial charge in [0.2, 0.25) is 0 Å². The summed E-state index contributed by atoms with van der Waals surface area (Å²) in [5, 5.41) is 0. The summed E-state index contributed by atoms with van der Waals surface area (Å²) < 4.78 is 0. The molecule has 0 bridgehead atoms. The summed E-state index contributed by atoms with van der Waals surface area (Å²) in [6, 6.07) is 0.671. The maximum atomic E-state index is 6.23. The van der Waals surface area contributed by atoms with Crippen molar-refractivity contribution in [1.82, 2.24) is 4.90 Å². The first-order valence-corrected chi connectivity index (χ1v) is 7.62. The zero-order chi connectivity index (χ0) is 12.8. The number of nitrogens with two attached hydrogens (primary N) is 1. The Kier molecular flexibility index (Phi) is 2.83. The summed E-state index contributed by atoms with van der Waals surface area (Å²) in [7, 11) is 0. The lowest BCUT2D eigenvalue weighted by atomic mass is 9.67. The molecule has 3 nitrogen and oxygen atoms in total. The van der Waals surface area contributed by atoms with Crippen molar-refractivity contribution in [3.05, 3.63) is 0 Å². The van der Waals surface area contributed by atoms with Crippen LogP contribution in [0.5, 0.6) is 0 Å². The van der Waals surface area contributed by atoms with Gasteiger partial charge < -0.3 is 10.6 Å². The van der Waals surface area contributed by atoms with Crippen molar-refractivity contribution in [1.29, 1.82) is 0 Å². The van der Waals surface area contributed by atoms with Crippen LogP contribution in [-0.4, -0.2) is 29.0 Å². The number of nitrogens with zero attached hydrogens (tertiary/aromatic N) is 2. The van der Waals surface area contributed by atoms with E-state index in [-0.39, 0.29) is 5.54 Å². The maximum Gasteiger partial charge on any atom is 0.192 e. The van der Waals surface area contributed by atoms with Gasteiger partial charge in [-0.1, -0.05) is 33.1 Å². The zero-order valence-electron chi connectivity index (χ0n) is 11.9. The predicted molar refractivity (Wildman–Crippen MR) is 75.6 cm³/mol. The monoisotopic (exact) mass is 249 g/mol. The van der Waals surface area contributed by atoms with E-state index in [1.165, 1.54) is 51.4 Å². The fourth-order valence-corrected chi connectivity index (χ4v) is 4.66. The first kappa shape index (κ1) is 12.3. The van der Waals surface area contributed by atoms with Crippen LogP contribution in [0.1, 0.15) is 65.2 Å². The van der Waals surface area contributed by atoms with Crippen LogP contribution in [0.3, 0.4) is 0 Å². The molecule has 2 N–H and O–H groups in total. The van der Waals surface area contributed by atoms with Gasteiger partial charge in [-0.3, -0.25) is 4.99 Å². The second kappa shape index (κ2) is 4.14. The highest BCUT2D eigenvalue weighted by Crippen LogP contribution is 2.47. The van der Waals surface area contributed by atoms with Crippen molar-refractivity contribution in [2.75, 3.05) is 6.54 Å². The molecule has 0 saturated heterocycles. The Hall–Kier alpha value is -0.730. The van der Waals surface area contributed by atoms with Gasteiger partial charge in [0.25, 0.3) is 0 Å². The highest BCUT2D eigenvalue weighted by atomic mass is 15.4. The van der Waals surface area contributed by atoms with Gasteiger partial charge in [0.05, 0.1) is 12.1 Å². The number of aliphatic imine (C=N–C) groups is 1. The maximum absolute atomic E-state index is 6.23. The van der Waals surface area contributed by atoms with E-state index in [0.717, 1.165) is 12.5 Å². The van der Waals surface area contributed by atoms with Crippen molar-refractivity contribution >= 4 is 5.96 Å². The van der Waals surface area contributed by atoms with E-state index in [9.17, 15) is 0 Å². The topological polar surface area (TPSA) is 41.6 Å². The van der Waals surface area contributed by atoms with Crippen molar-refractivity contribution < 1.29 is 0 Å². The largest absolute Gasteiger partial charge is 0.370 e. The molecule has 2 saturated carbocycles. The van der Waals surface area contributed by atoms with E-state index in [1.807, 2.05) is 0 Å². The average Bonchev–Trinajstić information content (AvgIpc) is 2.86. The molecule has 102 valence electrons. The normalized spacial score (nSPS) is 36.3. The lowest BCUT2D eigenvalue weighted by molar-refractivity contribution is 0.0453. The molecule has 0 aromatic heterocycles. The van der Waals surface area contributed by atoms with Crippen LogP contribution in [0.25, 0.3) is 0 Å². The Bertz CT molecular complexity index is 355. The summed E-state index contributed by atoms with van der Waals surface area (Å²) in [4.78, 5) is 7.17. The lowest BCUT2D eigenvalue weighted by Gasteiger charge is -2.50. The van der Waals surface area contributed by atoms with Crippen LogP contribution in [0, 0.1) is 5.41 Å². The van der Waals surface area contributed by atoms with E-state index in [0.29, 0.717) is 11.5 Å². The summed E-state index contributed by atoms with van der Waals surface area (Å²) in [6.07, 6.45) is 10.6. The second-order valence-corrected chi connectivity index (χ2v) is 7.40. The van der Waals surface area contributed by atoms with Crippen molar-refractivity contribution in [3.63, 3.8) is 0 Å². The van der Waals surface area contributed by atoms with Crippen LogP contribution in [-0.2, 0) is 0 Å². The highest BCUT2D eigenvalue weighted by Gasteiger charge is 2.50. The molecule has 1 unspecified atom stereocenters. The third-order valence-electron chi connectivity index (χ3n) is 5.29. The van der Waals surface area contributed by atoms with E-state index in [1.54, 1.807) is 0 Å². The van der Waals surface area contributed by atoms with Gasteiger partial charge >= 0.3 is 0 Å². The lowest BCUT2D eigenvalue weighted by Crippen LogP contribution is -2.58. The molecule has 2 aliphatic carbocycles. The molecule has 1 aliphatic heterocycles. The minimum absolute atomic E-state index is 0.265. The Morgan fingerprint density at radius 1 is 1.17 bits per heavy atom. The van der Waals surface area contributed by atoms with Crippen LogP contribution in [0.4, 0.5) is 0 Å². The fraction of sp³-hybridized carbons (Fsp3) is 0.933. The molecule has 3 rings (SSSR count). The van der Waals surface area contributed by atoms with Crippen LogP contribution in [0.2, 0.25) is 0 Å². The molecule has 1 heterocycles. The summed E-state index contributed by atoms with van der Waals surface area (Å²) in [5.41, 5.74) is 6.95. The number of hydrogen-bond acceptors (Lipinski definition) is 3. The van der Waals surface area contributed by atoms with Gasteiger partial charge in [0.1, 0.15) is 0 Å². The average molecular weight is 249 g/mol. The van der Waals surface area contributed by atoms with Gasteiger partial charge in [-0.15, -0.1) is 0 Å². The summed E-state index contributed by atoms with van der Waals surface area (Å²) >= 11 is 0. The Balaban J connectivity index is 1.86. The molecule has 18 heavy (non-hydrogen) atoms. The summed E-state index contributed by atoms with van der Waals surface area (Å²) in [5.74, 6) is 0.833. The predicted octanol–water partition coefficient (Wildman–Crippen LogP) is 2.90. The zero-order valence-corrected chi connectivity index (χ0v) is 11.9. The third kappa shape index (κ3) is 1.92.